The van der Waals surface area contributed by atoms with Gasteiger partial charge in [0.25, 0.3) is 0 Å². The quantitative estimate of drug-likeness (QED) is 0.394. The van der Waals surface area contributed by atoms with E-state index >= 15 is 0 Å². The van der Waals surface area contributed by atoms with E-state index < -0.39 is 0 Å². The molecule has 0 aliphatic rings. The zero-order chi connectivity index (χ0) is 20.4. The molecular formula is C22H24N4O2S. The normalized spacial score (nSPS) is 11.9. The van der Waals surface area contributed by atoms with E-state index in [9.17, 15) is 0 Å². The zero-order valence-electron chi connectivity index (χ0n) is 17.0. The monoisotopic (exact) mass is 408 g/mol. The lowest BCUT2D eigenvalue weighted by molar-refractivity contribution is 0.393. The molecule has 0 saturated heterocycles. The van der Waals surface area contributed by atoms with Gasteiger partial charge in [-0.05, 0) is 30.0 Å². The predicted octanol–water partition coefficient (Wildman–Crippen LogP) is 5.47. The van der Waals surface area contributed by atoms with Crippen LogP contribution in [0.2, 0.25) is 0 Å². The third kappa shape index (κ3) is 4.45. The molecule has 29 heavy (non-hydrogen) atoms. The third-order valence-corrected chi connectivity index (χ3v) is 5.65. The highest BCUT2D eigenvalue weighted by Crippen LogP contribution is 2.29. The maximum atomic E-state index is 5.57. The molecule has 6 nitrogen and oxygen atoms in total. The molecule has 3 heterocycles. The molecule has 0 radical (unpaired) electrons. The lowest BCUT2D eigenvalue weighted by atomic mass is 9.87. The van der Waals surface area contributed by atoms with Crippen molar-refractivity contribution in [1.82, 2.24) is 19.9 Å². The van der Waals surface area contributed by atoms with E-state index in [0.29, 0.717) is 12.3 Å². The number of hydrogen-bond acceptors (Lipinski definition) is 6. The van der Waals surface area contributed by atoms with Gasteiger partial charge in [-0.15, -0.1) is 10.2 Å². The minimum atomic E-state index is 0.108. The van der Waals surface area contributed by atoms with Gasteiger partial charge in [0.1, 0.15) is 11.5 Å². The Morgan fingerprint density at radius 2 is 1.86 bits per heavy atom. The van der Waals surface area contributed by atoms with Crippen molar-refractivity contribution in [2.24, 2.45) is 0 Å². The molecule has 0 unspecified atom stereocenters. The Morgan fingerprint density at radius 1 is 1.07 bits per heavy atom. The van der Waals surface area contributed by atoms with E-state index in [2.05, 4.69) is 65.0 Å². The lowest BCUT2D eigenvalue weighted by Gasteiger charge is -2.19. The van der Waals surface area contributed by atoms with Crippen molar-refractivity contribution >= 4 is 11.8 Å². The third-order valence-electron chi connectivity index (χ3n) is 4.65. The SMILES string of the molecule is Cc1cc(CSc2nnc(-c3ccc(C(C)(C)C)cc3)n2Cc2ccco2)no1. The molecular weight excluding hydrogens is 384 g/mol. The fourth-order valence-electron chi connectivity index (χ4n) is 3.05. The molecule has 4 rings (SSSR count). The number of aromatic nitrogens is 4. The fourth-order valence-corrected chi connectivity index (χ4v) is 3.87. The first-order chi connectivity index (χ1) is 13.9. The molecule has 0 aliphatic heterocycles. The summed E-state index contributed by atoms with van der Waals surface area (Å²) in [4.78, 5) is 0. The number of benzene rings is 1. The highest BCUT2D eigenvalue weighted by atomic mass is 32.2. The van der Waals surface area contributed by atoms with E-state index in [1.165, 1.54) is 5.56 Å². The smallest absolute Gasteiger partial charge is 0.192 e. The first-order valence-corrected chi connectivity index (χ1v) is 10.5. The van der Waals surface area contributed by atoms with Crippen molar-refractivity contribution in [2.75, 3.05) is 0 Å². The summed E-state index contributed by atoms with van der Waals surface area (Å²) in [7, 11) is 0. The van der Waals surface area contributed by atoms with Gasteiger partial charge in [0.15, 0.2) is 11.0 Å². The van der Waals surface area contributed by atoms with Gasteiger partial charge in [0, 0.05) is 17.4 Å². The van der Waals surface area contributed by atoms with Gasteiger partial charge in [-0.25, -0.2) is 0 Å². The van der Waals surface area contributed by atoms with Gasteiger partial charge in [0.05, 0.1) is 18.5 Å². The maximum Gasteiger partial charge on any atom is 0.192 e. The van der Waals surface area contributed by atoms with Crippen molar-refractivity contribution in [3.05, 3.63) is 71.5 Å². The lowest BCUT2D eigenvalue weighted by Crippen LogP contribution is -2.10. The molecule has 0 saturated carbocycles. The Balaban J connectivity index is 1.64. The molecule has 0 bridgehead atoms. The number of aryl methyl sites for hydroxylation is 1. The van der Waals surface area contributed by atoms with E-state index in [0.717, 1.165) is 33.8 Å². The molecule has 0 atom stereocenters. The van der Waals surface area contributed by atoms with Gasteiger partial charge in [0.2, 0.25) is 0 Å². The van der Waals surface area contributed by atoms with E-state index in [4.69, 9.17) is 8.94 Å². The van der Waals surface area contributed by atoms with Crippen LogP contribution in [0.15, 0.2) is 62.8 Å². The topological polar surface area (TPSA) is 69.9 Å². The largest absolute Gasteiger partial charge is 0.467 e. The van der Waals surface area contributed by atoms with Crippen molar-refractivity contribution in [3.8, 4) is 11.4 Å². The summed E-state index contributed by atoms with van der Waals surface area (Å²) in [6.07, 6.45) is 1.68. The first-order valence-electron chi connectivity index (χ1n) is 9.51. The molecule has 0 N–H and O–H groups in total. The molecule has 7 heteroatoms. The van der Waals surface area contributed by atoms with Gasteiger partial charge >= 0.3 is 0 Å². The fraction of sp³-hybridized carbons (Fsp3) is 0.318. The first kappa shape index (κ1) is 19.5. The van der Waals surface area contributed by atoms with Crippen molar-refractivity contribution in [2.45, 2.75) is 50.6 Å². The summed E-state index contributed by atoms with van der Waals surface area (Å²) in [6.45, 7) is 9.09. The minimum absolute atomic E-state index is 0.108. The van der Waals surface area contributed by atoms with Crippen LogP contribution in [-0.2, 0) is 17.7 Å². The van der Waals surface area contributed by atoms with Crippen molar-refractivity contribution in [3.63, 3.8) is 0 Å². The van der Waals surface area contributed by atoms with Gasteiger partial charge < -0.3 is 8.94 Å². The molecule has 0 fully saturated rings. The van der Waals surface area contributed by atoms with Crippen molar-refractivity contribution < 1.29 is 8.94 Å². The van der Waals surface area contributed by atoms with Crippen LogP contribution < -0.4 is 0 Å². The average molecular weight is 409 g/mol. The van der Waals surface area contributed by atoms with Crippen LogP contribution in [0.25, 0.3) is 11.4 Å². The number of hydrogen-bond donors (Lipinski definition) is 0. The summed E-state index contributed by atoms with van der Waals surface area (Å²) < 4.78 is 12.8. The van der Waals surface area contributed by atoms with Crippen LogP contribution in [0.4, 0.5) is 0 Å². The van der Waals surface area contributed by atoms with Gasteiger partial charge in [-0.3, -0.25) is 4.57 Å². The van der Waals surface area contributed by atoms with Crippen LogP contribution in [0.1, 0.15) is 43.5 Å². The molecule has 1 aromatic carbocycles. The highest BCUT2D eigenvalue weighted by Gasteiger charge is 2.18. The Bertz CT molecular complexity index is 1070. The second-order valence-corrected chi connectivity index (χ2v) is 8.96. The summed E-state index contributed by atoms with van der Waals surface area (Å²) >= 11 is 1.58. The highest BCUT2D eigenvalue weighted by molar-refractivity contribution is 7.98. The van der Waals surface area contributed by atoms with E-state index in [-0.39, 0.29) is 5.41 Å². The minimum Gasteiger partial charge on any atom is -0.467 e. The van der Waals surface area contributed by atoms with E-state index in [1.54, 1.807) is 18.0 Å². The number of rotatable bonds is 6. The standard InChI is InChI=1S/C22H24N4O2S/c1-15-12-18(25-28-15)14-29-21-24-23-20(26(21)13-19-6-5-11-27-19)16-7-9-17(10-8-16)22(2,3)4/h5-12H,13-14H2,1-4H3. The van der Waals surface area contributed by atoms with Gasteiger partial charge in [-0.1, -0.05) is 62.0 Å². The van der Waals surface area contributed by atoms with Crippen LogP contribution in [-0.4, -0.2) is 19.9 Å². The molecule has 0 spiro atoms. The average Bonchev–Trinajstić information content (AvgIpc) is 3.42. The maximum absolute atomic E-state index is 5.57. The summed E-state index contributed by atoms with van der Waals surface area (Å²) in [5.74, 6) is 3.14. The Kier molecular flexibility index (Phi) is 5.32. The summed E-state index contributed by atoms with van der Waals surface area (Å²) in [5, 5.41) is 13.8. The molecule has 0 aliphatic carbocycles. The molecule has 0 amide bonds. The summed E-state index contributed by atoms with van der Waals surface area (Å²) in [6, 6.07) is 14.3. The van der Waals surface area contributed by atoms with Crippen LogP contribution in [0, 0.1) is 6.92 Å². The number of thioether (sulfide) groups is 1. The number of furan rings is 1. The molecule has 150 valence electrons. The Hall–Kier alpha value is -2.80. The molecule has 4 aromatic rings. The summed E-state index contributed by atoms with van der Waals surface area (Å²) in [5.41, 5.74) is 3.31. The second kappa shape index (κ2) is 7.91. The van der Waals surface area contributed by atoms with Crippen LogP contribution in [0.5, 0.6) is 0 Å². The van der Waals surface area contributed by atoms with Gasteiger partial charge in [-0.2, -0.15) is 0 Å². The van der Waals surface area contributed by atoms with E-state index in [1.807, 2.05) is 25.1 Å². The Labute approximate surface area is 174 Å². The van der Waals surface area contributed by atoms with Crippen LogP contribution in [0.3, 0.4) is 0 Å². The van der Waals surface area contributed by atoms with Crippen LogP contribution >= 0.6 is 11.8 Å². The second-order valence-electron chi connectivity index (χ2n) is 8.02. The zero-order valence-corrected chi connectivity index (χ0v) is 17.9. The predicted molar refractivity (Wildman–Crippen MR) is 113 cm³/mol. The molecule has 3 aromatic heterocycles. The Morgan fingerprint density at radius 3 is 2.48 bits per heavy atom. The number of nitrogens with zero attached hydrogens (tertiary/aromatic N) is 4. The van der Waals surface area contributed by atoms with Crippen molar-refractivity contribution in [1.29, 1.82) is 0 Å².